The molecule has 1 aliphatic heterocycles. The molecule has 0 aliphatic carbocycles. The fourth-order valence-electron chi connectivity index (χ4n) is 2.13. The van der Waals surface area contributed by atoms with Crippen molar-refractivity contribution in [1.82, 2.24) is 4.98 Å². The van der Waals surface area contributed by atoms with E-state index in [0.29, 0.717) is 13.2 Å². The van der Waals surface area contributed by atoms with Crippen LogP contribution in [0.1, 0.15) is 23.6 Å². The fraction of sp³-hybridized carbons (Fsp3) is 0.267. The van der Waals surface area contributed by atoms with Crippen molar-refractivity contribution in [2.24, 2.45) is 5.73 Å². The molecule has 0 spiro atoms. The lowest BCUT2D eigenvalue weighted by molar-refractivity contribution is 0.297. The van der Waals surface area contributed by atoms with E-state index in [1.165, 1.54) is 0 Å². The van der Waals surface area contributed by atoms with Crippen molar-refractivity contribution >= 4 is 0 Å². The second-order valence-electron chi connectivity index (χ2n) is 4.52. The molecule has 1 aliphatic rings. The standard InChI is InChI=1S/C15H16N2O2/c16-15(12-3-1-6-17-10-12)11-4-5-13-14(9-11)19-8-2-7-18-13/h1,3-6,9-10,15H,2,7-8,16H2. The van der Waals surface area contributed by atoms with E-state index >= 15 is 0 Å². The second-order valence-corrected chi connectivity index (χ2v) is 4.52. The molecular weight excluding hydrogens is 240 g/mol. The summed E-state index contributed by atoms with van der Waals surface area (Å²) in [4.78, 5) is 4.10. The molecule has 2 N–H and O–H groups in total. The molecule has 98 valence electrons. The normalized spacial score (nSPS) is 15.6. The van der Waals surface area contributed by atoms with Gasteiger partial charge >= 0.3 is 0 Å². The number of benzene rings is 1. The summed E-state index contributed by atoms with van der Waals surface area (Å²) in [6.45, 7) is 1.37. The van der Waals surface area contributed by atoms with Crippen LogP contribution in [0.3, 0.4) is 0 Å². The highest BCUT2D eigenvalue weighted by Crippen LogP contribution is 2.33. The van der Waals surface area contributed by atoms with Crippen molar-refractivity contribution in [1.29, 1.82) is 0 Å². The van der Waals surface area contributed by atoms with E-state index < -0.39 is 0 Å². The zero-order valence-electron chi connectivity index (χ0n) is 10.6. The summed E-state index contributed by atoms with van der Waals surface area (Å²) >= 11 is 0. The molecule has 1 aromatic heterocycles. The fourth-order valence-corrected chi connectivity index (χ4v) is 2.13. The maximum atomic E-state index is 6.25. The minimum atomic E-state index is -0.203. The Morgan fingerprint density at radius 3 is 2.68 bits per heavy atom. The molecule has 0 saturated carbocycles. The molecule has 19 heavy (non-hydrogen) atoms. The summed E-state index contributed by atoms with van der Waals surface area (Å²) in [5.74, 6) is 1.56. The summed E-state index contributed by atoms with van der Waals surface area (Å²) in [6, 6.07) is 9.51. The third-order valence-corrected chi connectivity index (χ3v) is 3.17. The number of nitrogens with zero attached hydrogens (tertiary/aromatic N) is 1. The van der Waals surface area contributed by atoms with E-state index in [1.807, 2.05) is 30.3 Å². The monoisotopic (exact) mass is 256 g/mol. The van der Waals surface area contributed by atoms with Crippen molar-refractivity contribution in [3.05, 3.63) is 53.9 Å². The Morgan fingerprint density at radius 2 is 1.89 bits per heavy atom. The average molecular weight is 256 g/mol. The molecule has 0 amide bonds. The van der Waals surface area contributed by atoms with E-state index in [2.05, 4.69) is 4.98 Å². The molecule has 2 heterocycles. The van der Waals surface area contributed by atoms with Gasteiger partial charge in [0.15, 0.2) is 11.5 Å². The van der Waals surface area contributed by atoms with Crippen LogP contribution in [-0.2, 0) is 0 Å². The van der Waals surface area contributed by atoms with Crippen LogP contribution in [0.4, 0.5) is 0 Å². The molecule has 0 fully saturated rings. The molecular formula is C15H16N2O2. The van der Waals surface area contributed by atoms with Crippen molar-refractivity contribution in [3.63, 3.8) is 0 Å². The molecule has 3 rings (SSSR count). The third-order valence-electron chi connectivity index (χ3n) is 3.17. The van der Waals surface area contributed by atoms with Crippen LogP contribution in [-0.4, -0.2) is 18.2 Å². The quantitative estimate of drug-likeness (QED) is 0.895. The lowest BCUT2D eigenvalue weighted by Crippen LogP contribution is -2.12. The van der Waals surface area contributed by atoms with Gasteiger partial charge in [0.25, 0.3) is 0 Å². The van der Waals surface area contributed by atoms with Gasteiger partial charge < -0.3 is 15.2 Å². The van der Waals surface area contributed by atoms with Crippen LogP contribution in [0.15, 0.2) is 42.7 Å². The minimum Gasteiger partial charge on any atom is -0.490 e. The van der Waals surface area contributed by atoms with Crippen molar-refractivity contribution < 1.29 is 9.47 Å². The first-order chi connectivity index (χ1) is 9.34. The topological polar surface area (TPSA) is 57.4 Å². The van der Waals surface area contributed by atoms with Gasteiger partial charge in [-0.1, -0.05) is 12.1 Å². The summed E-state index contributed by atoms with van der Waals surface area (Å²) in [7, 11) is 0. The summed E-state index contributed by atoms with van der Waals surface area (Å²) in [6.07, 6.45) is 4.43. The highest BCUT2D eigenvalue weighted by molar-refractivity contribution is 5.45. The Kier molecular flexibility index (Phi) is 3.33. The number of aromatic nitrogens is 1. The zero-order chi connectivity index (χ0) is 13.1. The van der Waals surface area contributed by atoms with Gasteiger partial charge in [0.05, 0.1) is 19.3 Å². The van der Waals surface area contributed by atoms with Crippen molar-refractivity contribution in [3.8, 4) is 11.5 Å². The SMILES string of the molecule is NC(c1cccnc1)c1ccc2c(c1)OCCCO2. The molecule has 1 unspecified atom stereocenters. The van der Waals surface area contributed by atoms with Crippen LogP contribution in [0.25, 0.3) is 0 Å². The second kappa shape index (κ2) is 5.28. The first-order valence-electron chi connectivity index (χ1n) is 6.39. The van der Waals surface area contributed by atoms with Gasteiger partial charge in [-0.3, -0.25) is 4.98 Å². The highest BCUT2D eigenvalue weighted by Gasteiger charge is 2.15. The van der Waals surface area contributed by atoms with Gasteiger partial charge in [0.2, 0.25) is 0 Å². The van der Waals surface area contributed by atoms with Gasteiger partial charge in [-0.2, -0.15) is 0 Å². The number of ether oxygens (including phenoxy) is 2. The van der Waals surface area contributed by atoms with Crippen LogP contribution in [0.5, 0.6) is 11.5 Å². The van der Waals surface area contributed by atoms with E-state index in [9.17, 15) is 0 Å². The highest BCUT2D eigenvalue weighted by atomic mass is 16.5. The Bertz CT molecular complexity index is 557. The molecule has 0 radical (unpaired) electrons. The molecule has 4 nitrogen and oxygen atoms in total. The number of nitrogens with two attached hydrogens (primary N) is 1. The maximum Gasteiger partial charge on any atom is 0.161 e. The van der Waals surface area contributed by atoms with Crippen LogP contribution < -0.4 is 15.2 Å². The molecule has 0 saturated heterocycles. The predicted molar refractivity (Wildman–Crippen MR) is 72.3 cm³/mol. The molecule has 1 aromatic carbocycles. The van der Waals surface area contributed by atoms with E-state index in [1.54, 1.807) is 12.4 Å². The number of pyridine rings is 1. The molecule has 4 heteroatoms. The summed E-state index contributed by atoms with van der Waals surface area (Å²) < 4.78 is 11.3. The Hall–Kier alpha value is -2.07. The first-order valence-corrected chi connectivity index (χ1v) is 6.39. The summed E-state index contributed by atoms with van der Waals surface area (Å²) in [5.41, 5.74) is 8.23. The zero-order valence-corrected chi connectivity index (χ0v) is 10.6. The van der Waals surface area contributed by atoms with Gasteiger partial charge in [-0.05, 0) is 29.3 Å². The van der Waals surface area contributed by atoms with E-state index in [-0.39, 0.29) is 6.04 Å². The maximum absolute atomic E-state index is 6.25. The van der Waals surface area contributed by atoms with Crippen LogP contribution >= 0.6 is 0 Å². The minimum absolute atomic E-state index is 0.203. The van der Waals surface area contributed by atoms with Crippen LogP contribution in [0.2, 0.25) is 0 Å². The Labute approximate surface area is 112 Å². The van der Waals surface area contributed by atoms with Gasteiger partial charge in [-0.25, -0.2) is 0 Å². The van der Waals surface area contributed by atoms with E-state index in [4.69, 9.17) is 15.2 Å². The molecule has 1 atom stereocenters. The van der Waals surface area contributed by atoms with E-state index in [0.717, 1.165) is 29.0 Å². The third kappa shape index (κ3) is 2.53. The van der Waals surface area contributed by atoms with Gasteiger partial charge in [0, 0.05) is 18.8 Å². The number of hydrogen-bond donors (Lipinski definition) is 1. The lowest BCUT2D eigenvalue weighted by atomic mass is 10.0. The number of rotatable bonds is 2. The average Bonchev–Trinajstić information content (AvgIpc) is 2.72. The first kappa shape index (κ1) is 12.0. The number of fused-ring (bicyclic) bond motifs is 1. The van der Waals surface area contributed by atoms with Crippen molar-refractivity contribution in [2.75, 3.05) is 13.2 Å². The van der Waals surface area contributed by atoms with Gasteiger partial charge in [-0.15, -0.1) is 0 Å². The predicted octanol–water partition coefficient (Wildman–Crippen LogP) is 2.29. The van der Waals surface area contributed by atoms with Gasteiger partial charge in [0.1, 0.15) is 0 Å². The van der Waals surface area contributed by atoms with Crippen molar-refractivity contribution in [2.45, 2.75) is 12.5 Å². The molecule has 2 aromatic rings. The molecule has 0 bridgehead atoms. The van der Waals surface area contributed by atoms with Crippen LogP contribution in [0, 0.1) is 0 Å². The number of hydrogen-bond acceptors (Lipinski definition) is 4. The Balaban J connectivity index is 1.91. The smallest absolute Gasteiger partial charge is 0.161 e. The Morgan fingerprint density at radius 1 is 1.05 bits per heavy atom. The largest absolute Gasteiger partial charge is 0.490 e. The lowest BCUT2D eigenvalue weighted by Gasteiger charge is -2.14. The summed E-state index contributed by atoms with van der Waals surface area (Å²) in [5, 5.41) is 0.